The van der Waals surface area contributed by atoms with Crippen LogP contribution >= 0.6 is 11.3 Å². The molecule has 21 heavy (non-hydrogen) atoms. The molecule has 5 nitrogen and oxygen atoms in total. The number of amides is 1. The first-order valence-electron chi connectivity index (χ1n) is 7.07. The van der Waals surface area contributed by atoms with Gasteiger partial charge in [0.15, 0.2) is 0 Å². The van der Waals surface area contributed by atoms with E-state index in [9.17, 15) is 4.79 Å². The number of anilines is 1. The predicted octanol–water partition coefficient (Wildman–Crippen LogP) is 3.06. The van der Waals surface area contributed by atoms with E-state index in [1.165, 1.54) is 11.3 Å². The largest absolute Gasteiger partial charge is 0.397 e. The molecule has 0 aromatic carbocycles. The fraction of sp³-hybridized carbons (Fsp3) is 0.533. The van der Waals surface area contributed by atoms with Gasteiger partial charge in [-0.25, -0.2) is 0 Å². The number of rotatable bonds is 4. The summed E-state index contributed by atoms with van der Waals surface area (Å²) in [5.74, 6) is -0.130. The van der Waals surface area contributed by atoms with Gasteiger partial charge < -0.3 is 11.1 Å². The van der Waals surface area contributed by atoms with Crippen LogP contribution in [0.25, 0.3) is 10.2 Å². The smallest absolute Gasteiger partial charge is 0.263 e. The Balaban J connectivity index is 2.33. The molecule has 1 amide bonds. The number of aromatic nitrogens is 2. The van der Waals surface area contributed by atoms with Crippen LogP contribution in [0.3, 0.4) is 0 Å². The zero-order valence-corrected chi connectivity index (χ0v) is 14.0. The molecule has 0 aliphatic heterocycles. The Morgan fingerprint density at radius 3 is 2.62 bits per heavy atom. The van der Waals surface area contributed by atoms with Crippen molar-refractivity contribution in [3.8, 4) is 0 Å². The third kappa shape index (κ3) is 3.00. The fourth-order valence-electron chi connectivity index (χ4n) is 1.93. The number of nitrogens with one attached hydrogen (secondary N) is 1. The van der Waals surface area contributed by atoms with Crippen LogP contribution in [-0.4, -0.2) is 22.6 Å². The molecule has 2 heterocycles. The zero-order valence-electron chi connectivity index (χ0n) is 13.2. The Bertz CT molecular complexity index is 691. The van der Waals surface area contributed by atoms with E-state index in [4.69, 9.17) is 5.73 Å². The molecule has 2 aromatic rings. The first-order chi connectivity index (χ1) is 9.76. The number of nitrogen functional groups attached to an aromatic ring is 1. The lowest BCUT2D eigenvalue weighted by molar-refractivity contribution is 0.0940. The summed E-state index contributed by atoms with van der Waals surface area (Å²) < 4.78 is 0. The minimum atomic E-state index is -0.130. The van der Waals surface area contributed by atoms with Crippen LogP contribution in [0, 0.1) is 19.3 Å². The van der Waals surface area contributed by atoms with E-state index in [-0.39, 0.29) is 11.3 Å². The van der Waals surface area contributed by atoms with Crippen LogP contribution in [-0.2, 0) is 0 Å². The van der Waals surface area contributed by atoms with E-state index in [1.54, 1.807) is 0 Å². The molecule has 0 bridgehead atoms. The number of nitrogens with zero attached hydrogens (tertiary/aromatic N) is 2. The van der Waals surface area contributed by atoms with Crippen LogP contribution in [0.15, 0.2) is 0 Å². The molecule has 0 unspecified atom stereocenters. The van der Waals surface area contributed by atoms with E-state index < -0.39 is 0 Å². The van der Waals surface area contributed by atoms with Crippen molar-refractivity contribution in [2.45, 2.75) is 41.0 Å². The third-order valence-electron chi connectivity index (χ3n) is 4.03. The number of carbonyl (C=O) groups excluding carboxylic acids is 1. The van der Waals surface area contributed by atoms with Gasteiger partial charge in [-0.15, -0.1) is 16.4 Å². The van der Waals surface area contributed by atoms with Gasteiger partial charge in [0.1, 0.15) is 9.71 Å². The van der Waals surface area contributed by atoms with E-state index in [0.717, 1.165) is 27.9 Å². The number of carbonyl (C=O) groups is 1. The molecular weight excluding hydrogens is 284 g/mol. The normalized spacial score (nSPS) is 11.9. The Morgan fingerprint density at radius 1 is 1.33 bits per heavy atom. The summed E-state index contributed by atoms with van der Waals surface area (Å²) in [7, 11) is 0. The summed E-state index contributed by atoms with van der Waals surface area (Å²) in [6.07, 6.45) is 0.999. The van der Waals surface area contributed by atoms with Crippen LogP contribution in [0.2, 0.25) is 0 Å². The van der Waals surface area contributed by atoms with Gasteiger partial charge >= 0.3 is 0 Å². The van der Waals surface area contributed by atoms with Crippen LogP contribution < -0.4 is 11.1 Å². The second-order valence-electron chi connectivity index (χ2n) is 6.14. The Kier molecular flexibility index (Phi) is 4.18. The summed E-state index contributed by atoms with van der Waals surface area (Å²) in [4.78, 5) is 13.6. The molecule has 0 aliphatic carbocycles. The number of hydrogen-bond donors (Lipinski definition) is 2. The molecule has 0 saturated heterocycles. The first-order valence-corrected chi connectivity index (χ1v) is 7.88. The molecule has 0 radical (unpaired) electrons. The molecule has 0 fully saturated rings. The SMILES string of the molecule is CCC(C)(C)CNC(=O)c1sc2nnc(C)c(C)c2c1N. The highest BCUT2D eigenvalue weighted by Crippen LogP contribution is 2.34. The minimum Gasteiger partial charge on any atom is -0.397 e. The van der Waals surface area contributed by atoms with Gasteiger partial charge in [-0.05, 0) is 31.2 Å². The molecule has 0 saturated carbocycles. The third-order valence-corrected chi connectivity index (χ3v) is 5.11. The van der Waals surface area contributed by atoms with Crippen molar-refractivity contribution in [3.63, 3.8) is 0 Å². The van der Waals surface area contributed by atoms with Crippen molar-refractivity contribution in [3.05, 3.63) is 16.1 Å². The van der Waals surface area contributed by atoms with Crippen molar-refractivity contribution in [1.82, 2.24) is 15.5 Å². The van der Waals surface area contributed by atoms with Crippen molar-refractivity contribution >= 4 is 33.1 Å². The average Bonchev–Trinajstić information content (AvgIpc) is 2.78. The van der Waals surface area contributed by atoms with Gasteiger partial charge in [0, 0.05) is 11.9 Å². The molecule has 0 atom stereocenters. The van der Waals surface area contributed by atoms with Crippen LogP contribution in [0.4, 0.5) is 5.69 Å². The molecule has 6 heteroatoms. The van der Waals surface area contributed by atoms with Crippen molar-refractivity contribution in [2.24, 2.45) is 5.41 Å². The Labute approximate surface area is 128 Å². The second kappa shape index (κ2) is 5.60. The molecule has 0 aliphatic rings. The summed E-state index contributed by atoms with van der Waals surface area (Å²) in [6.45, 7) is 10.8. The Hall–Kier alpha value is -1.69. The first kappa shape index (κ1) is 15.7. The molecule has 114 valence electrons. The lowest BCUT2D eigenvalue weighted by atomic mass is 9.90. The summed E-state index contributed by atoms with van der Waals surface area (Å²) in [5, 5.41) is 12.1. The average molecular weight is 306 g/mol. The highest BCUT2D eigenvalue weighted by Gasteiger charge is 2.22. The number of fused-ring (bicyclic) bond motifs is 1. The van der Waals surface area contributed by atoms with Crippen molar-refractivity contribution in [2.75, 3.05) is 12.3 Å². The van der Waals surface area contributed by atoms with Crippen molar-refractivity contribution in [1.29, 1.82) is 0 Å². The molecular formula is C15H22N4OS. The van der Waals surface area contributed by atoms with E-state index in [1.807, 2.05) is 13.8 Å². The molecule has 2 aromatic heterocycles. The van der Waals surface area contributed by atoms with Crippen molar-refractivity contribution < 1.29 is 4.79 Å². The second-order valence-corrected chi connectivity index (χ2v) is 7.13. The highest BCUT2D eigenvalue weighted by atomic mass is 32.1. The lowest BCUT2D eigenvalue weighted by Crippen LogP contribution is -2.33. The van der Waals surface area contributed by atoms with Crippen LogP contribution in [0.5, 0.6) is 0 Å². The zero-order chi connectivity index (χ0) is 15.8. The summed E-state index contributed by atoms with van der Waals surface area (Å²) in [6, 6.07) is 0. The monoisotopic (exact) mass is 306 g/mol. The topological polar surface area (TPSA) is 80.9 Å². The predicted molar refractivity (Wildman–Crippen MR) is 87.7 cm³/mol. The number of hydrogen-bond acceptors (Lipinski definition) is 5. The maximum absolute atomic E-state index is 12.4. The van der Waals surface area contributed by atoms with E-state index in [2.05, 4.69) is 36.3 Å². The van der Waals surface area contributed by atoms with Gasteiger partial charge in [-0.3, -0.25) is 4.79 Å². The molecule has 2 rings (SSSR count). The van der Waals surface area contributed by atoms with E-state index >= 15 is 0 Å². The number of thiophene rings is 1. The lowest BCUT2D eigenvalue weighted by Gasteiger charge is -2.22. The van der Waals surface area contributed by atoms with E-state index in [0.29, 0.717) is 17.1 Å². The number of nitrogens with two attached hydrogens (primary N) is 1. The van der Waals surface area contributed by atoms with Gasteiger partial charge in [0.05, 0.1) is 11.4 Å². The summed E-state index contributed by atoms with van der Waals surface area (Å²) in [5.41, 5.74) is 8.58. The standard InChI is InChI=1S/C15H22N4OS/c1-6-15(4,5)7-17-13(20)12-11(16)10-8(2)9(3)18-19-14(10)21-12/h6-7,16H2,1-5H3,(H,17,20). The van der Waals surface area contributed by atoms with Gasteiger partial charge in [0.2, 0.25) is 0 Å². The quantitative estimate of drug-likeness (QED) is 0.909. The fourth-order valence-corrected chi connectivity index (χ4v) is 2.95. The van der Waals surface area contributed by atoms with Crippen LogP contribution in [0.1, 0.15) is 48.1 Å². The maximum atomic E-state index is 12.4. The summed E-state index contributed by atoms with van der Waals surface area (Å²) >= 11 is 1.30. The number of aryl methyl sites for hydroxylation is 2. The molecule has 3 N–H and O–H groups in total. The molecule has 0 spiro atoms. The van der Waals surface area contributed by atoms with Gasteiger partial charge in [-0.1, -0.05) is 20.8 Å². The highest BCUT2D eigenvalue weighted by molar-refractivity contribution is 7.21. The maximum Gasteiger partial charge on any atom is 0.263 e. The van der Waals surface area contributed by atoms with Gasteiger partial charge in [0.25, 0.3) is 5.91 Å². The van der Waals surface area contributed by atoms with Gasteiger partial charge in [-0.2, -0.15) is 5.10 Å². The minimum absolute atomic E-state index is 0.0768. The Morgan fingerprint density at radius 2 is 2.00 bits per heavy atom.